The molecule has 0 fully saturated rings. The van der Waals surface area contributed by atoms with Gasteiger partial charge in [-0.15, -0.1) is 0 Å². The maximum Gasteiger partial charge on any atom is 0.277 e. The highest BCUT2D eigenvalue weighted by molar-refractivity contribution is 6.17. The zero-order valence-corrected chi connectivity index (χ0v) is 13.3. The van der Waals surface area contributed by atoms with Gasteiger partial charge in [0.1, 0.15) is 5.70 Å². The molecular formula is C16H19N3O4. The number of amides is 3. The molecule has 0 saturated heterocycles. The summed E-state index contributed by atoms with van der Waals surface area (Å²) in [4.78, 5) is 38.4. The second kappa shape index (κ2) is 6.62. The Hall–Kier alpha value is -2.67. The highest BCUT2D eigenvalue weighted by atomic mass is 16.3. The number of hydrogen-bond donors (Lipinski definition) is 2. The van der Waals surface area contributed by atoms with E-state index < -0.39 is 11.8 Å². The number of carbonyl (C=O) groups excluding carboxylic acids is 3. The van der Waals surface area contributed by atoms with E-state index in [0.717, 1.165) is 4.90 Å². The number of β-amino-alcohol motifs (C(OH)–C–C–N with tert-alkyl or cyclic N) is 1. The molecule has 122 valence electrons. The molecule has 0 aliphatic carbocycles. The van der Waals surface area contributed by atoms with Crippen LogP contribution in [0.25, 0.3) is 0 Å². The molecule has 1 aromatic carbocycles. The van der Waals surface area contributed by atoms with Crippen LogP contribution in [0.5, 0.6) is 0 Å². The lowest BCUT2D eigenvalue weighted by atomic mass is 10.1. The Morgan fingerprint density at radius 2 is 2.00 bits per heavy atom. The SMILES string of the molecule is Cc1c(NC2=CC(=O)N(CCO)C2=O)cccc1C(=O)N(C)C. The number of anilines is 1. The third-order valence-electron chi connectivity index (χ3n) is 3.57. The Labute approximate surface area is 134 Å². The van der Waals surface area contributed by atoms with Gasteiger partial charge in [0, 0.05) is 31.4 Å². The molecule has 1 aliphatic heterocycles. The number of nitrogens with zero attached hydrogens (tertiary/aromatic N) is 2. The fraction of sp³-hybridized carbons (Fsp3) is 0.312. The summed E-state index contributed by atoms with van der Waals surface area (Å²) in [6.45, 7) is 1.44. The molecule has 7 nitrogen and oxygen atoms in total. The fourth-order valence-corrected chi connectivity index (χ4v) is 2.30. The van der Waals surface area contributed by atoms with Crippen LogP contribution in [0.15, 0.2) is 30.0 Å². The fourth-order valence-electron chi connectivity index (χ4n) is 2.30. The molecule has 1 aliphatic rings. The number of imide groups is 1. The standard InChI is InChI=1S/C16H19N3O4/c1-10-11(15(22)18(2)3)5-4-6-12(10)17-13-9-14(21)19(7-8-20)16(13)23/h4-6,9,17,20H,7-8H2,1-3H3. The largest absolute Gasteiger partial charge is 0.395 e. The van der Waals surface area contributed by atoms with Crippen LogP contribution in [-0.4, -0.2) is 59.9 Å². The van der Waals surface area contributed by atoms with Gasteiger partial charge >= 0.3 is 0 Å². The van der Waals surface area contributed by atoms with Gasteiger partial charge in [0.2, 0.25) is 0 Å². The first-order chi connectivity index (χ1) is 10.9. The summed E-state index contributed by atoms with van der Waals surface area (Å²) in [6.07, 6.45) is 1.19. The van der Waals surface area contributed by atoms with E-state index in [1.807, 2.05) is 0 Å². The molecule has 0 saturated carbocycles. The minimum absolute atomic E-state index is 0.0442. The maximum absolute atomic E-state index is 12.1. The van der Waals surface area contributed by atoms with Crippen LogP contribution in [0.4, 0.5) is 5.69 Å². The van der Waals surface area contributed by atoms with Crippen LogP contribution >= 0.6 is 0 Å². The summed E-state index contributed by atoms with van der Waals surface area (Å²) in [5, 5.41) is 11.8. The van der Waals surface area contributed by atoms with Crippen molar-refractivity contribution in [3.63, 3.8) is 0 Å². The van der Waals surface area contributed by atoms with Gasteiger partial charge in [0.05, 0.1) is 13.2 Å². The van der Waals surface area contributed by atoms with E-state index in [0.29, 0.717) is 16.8 Å². The first kappa shape index (κ1) is 16.7. The van der Waals surface area contributed by atoms with Gasteiger partial charge in [-0.25, -0.2) is 0 Å². The van der Waals surface area contributed by atoms with Crippen molar-refractivity contribution in [3.8, 4) is 0 Å². The molecule has 23 heavy (non-hydrogen) atoms. The van der Waals surface area contributed by atoms with Crippen molar-refractivity contribution in [1.82, 2.24) is 9.80 Å². The van der Waals surface area contributed by atoms with Crippen LogP contribution in [0.3, 0.4) is 0 Å². The Balaban J connectivity index is 2.27. The quantitative estimate of drug-likeness (QED) is 0.765. The van der Waals surface area contributed by atoms with Gasteiger partial charge in [0.25, 0.3) is 17.7 Å². The van der Waals surface area contributed by atoms with Crippen LogP contribution in [0.1, 0.15) is 15.9 Å². The van der Waals surface area contributed by atoms with Crippen molar-refractivity contribution < 1.29 is 19.5 Å². The summed E-state index contributed by atoms with van der Waals surface area (Å²) in [5.74, 6) is -1.10. The lowest BCUT2D eigenvalue weighted by Crippen LogP contribution is -2.34. The van der Waals surface area contributed by atoms with E-state index in [4.69, 9.17) is 5.11 Å². The molecular weight excluding hydrogens is 298 g/mol. The number of benzene rings is 1. The topological polar surface area (TPSA) is 90.0 Å². The summed E-state index contributed by atoms with van der Waals surface area (Å²) in [5.41, 5.74) is 1.91. The summed E-state index contributed by atoms with van der Waals surface area (Å²) in [7, 11) is 3.33. The number of rotatable bonds is 5. The van der Waals surface area contributed by atoms with Crippen LogP contribution in [0, 0.1) is 6.92 Å². The highest BCUT2D eigenvalue weighted by Gasteiger charge is 2.31. The van der Waals surface area contributed by atoms with Crippen LogP contribution in [-0.2, 0) is 9.59 Å². The first-order valence-corrected chi connectivity index (χ1v) is 7.13. The molecule has 2 N–H and O–H groups in total. The highest BCUT2D eigenvalue weighted by Crippen LogP contribution is 2.23. The van der Waals surface area contributed by atoms with Gasteiger partial charge in [0.15, 0.2) is 0 Å². The molecule has 0 aromatic heterocycles. The van der Waals surface area contributed by atoms with Crippen LogP contribution < -0.4 is 5.32 Å². The minimum atomic E-state index is -0.493. The molecule has 2 rings (SSSR count). The van der Waals surface area contributed by atoms with Crippen molar-refractivity contribution in [1.29, 1.82) is 0 Å². The summed E-state index contributed by atoms with van der Waals surface area (Å²) >= 11 is 0. The monoisotopic (exact) mass is 317 g/mol. The number of aliphatic hydroxyl groups is 1. The Morgan fingerprint density at radius 1 is 1.30 bits per heavy atom. The van der Waals surface area contributed by atoms with E-state index in [1.54, 1.807) is 39.2 Å². The lowest BCUT2D eigenvalue weighted by molar-refractivity contribution is -0.137. The number of carbonyl (C=O) groups is 3. The zero-order valence-electron chi connectivity index (χ0n) is 13.3. The molecule has 0 bridgehead atoms. The number of nitrogens with one attached hydrogen (secondary N) is 1. The predicted octanol–water partition coefficient (Wildman–Crippen LogP) is 0.354. The molecule has 7 heteroatoms. The zero-order chi connectivity index (χ0) is 17.1. The molecule has 0 radical (unpaired) electrons. The lowest BCUT2D eigenvalue weighted by Gasteiger charge is -2.17. The van der Waals surface area contributed by atoms with E-state index in [2.05, 4.69) is 5.32 Å². The van der Waals surface area contributed by atoms with E-state index in [9.17, 15) is 14.4 Å². The Morgan fingerprint density at radius 3 is 2.61 bits per heavy atom. The van der Waals surface area contributed by atoms with E-state index in [1.165, 1.54) is 11.0 Å². The normalized spacial score (nSPS) is 14.1. The third-order valence-corrected chi connectivity index (χ3v) is 3.57. The Bertz CT molecular complexity index is 695. The van der Waals surface area contributed by atoms with Gasteiger partial charge in [-0.05, 0) is 24.6 Å². The van der Waals surface area contributed by atoms with Gasteiger partial charge < -0.3 is 15.3 Å². The van der Waals surface area contributed by atoms with Crippen molar-refractivity contribution in [2.24, 2.45) is 0 Å². The van der Waals surface area contributed by atoms with Gasteiger partial charge in [-0.1, -0.05) is 6.07 Å². The number of aliphatic hydroxyl groups excluding tert-OH is 1. The molecule has 0 atom stereocenters. The molecule has 3 amide bonds. The molecule has 1 aromatic rings. The minimum Gasteiger partial charge on any atom is -0.395 e. The summed E-state index contributed by atoms with van der Waals surface area (Å²) in [6, 6.07) is 5.14. The van der Waals surface area contributed by atoms with Crippen LogP contribution in [0.2, 0.25) is 0 Å². The van der Waals surface area contributed by atoms with E-state index in [-0.39, 0.29) is 24.8 Å². The van der Waals surface area contributed by atoms with E-state index >= 15 is 0 Å². The smallest absolute Gasteiger partial charge is 0.277 e. The number of hydrogen-bond acceptors (Lipinski definition) is 5. The van der Waals surface area contributed by atoms with Crippen molar-refractivity contribution in [2.75, 3.05) is 32.6 Å². The first-order valence-electron chi connectivity index (χ1n) is 7.13. The van der Waals surface area contributed by atoms with Crippen molar-refractivity contribution >= 4 is 23.4 Å². The van der Waals surface area contributed by atoms with Crippen molar-refractivity contribution in [3.05, 3.63) is 41.1 Å². The van der Waals surface area contributed by atoms with Crippen molar-refractivity contribution in [2.45, 2.75) is 6.92 Å². The molecule has 0 spiro atoms. The maximum atomic E-state index is 12.1. The molecule has 1 heterocycles. The predicted molar refractivity (Wildman–Crippen MR) is 84.7 cm³/mol. The average Bonchev–Trinajstić information content (AvgIpc) is 2.76. The second-order valence-corrected chi connectivity index (χ2v) is 5.38. The third kappa shape index (κ3) is 3.24. The summed E-state index contributed by atoms with van der Waals surface area (Å²) < 4.78 is 0. The molecule has 0 unspecified atom stereocenters. The Kier molecular flexibility index (Phi) is 4.80. The average molecular weight is 317 g/mol. The van der Waals surface area contributed by atoms with Gasteiger partial charge in [-0.3, -0.25) is 19.3 Å². The van der Waals surface area contributed by atoms with Gasteiger partial charge in [-0.2, -0.15) is 0 Å². The second-order valence-electron chi connectivity index (χ2n) is 5.38.